The van der Waals surface area contributed by atoms with Crippen LogP contribution in [0.2, 0.25) is 0 Å². The summed E-state index contributed by atoms with van der Waals surface area (Å²) < 4.78 is 7.68. The number of anilines is 1. The maximum atomic E-state index is 12.4. The van der Waals surface area contributed by atoms with E-state index in [0.29, 0.717) is 35.5 Å². The average Bonchev–Trinajstić information content (AvgIpc) is 3.45. The number of rotatable bonds is 6. The summed E-state index contributed by atoms with van der Waals surface area (Å²) in [6, 6.07) is 17.3. The highest BCUT2D eigenvalue weighted by Crippen LogP contribution is 2.39. The van der Waals surface area contributed by atoms with Crippen LogP contribution in [0, 0.1) is 0 Å². The summed E-state index contributed by atoms with van der Waals surface area (Å²) in [6.07, 6.45) is 2.20. The quantitative estimate of drug-likeness (QED) is 0.430. The first-order chi connectivity index (χ1) is 15.6. The van der Waals surface area contributed by atoms with Crippen LogP contribution in [0.5, 0.6) is 5.75 Å². The third-order valence-corrected chi connectivity index (χ3v) is 5.81. The van der Waals surface area contributed by atoms with Gasteiger partial charge in [0.2, 0.25) is 0 Å². The zero-order chi connectivity index (χ0) is 22.1. The molecule has 3 heterocycles. The minimum atomic E-state index is -1.02. The summed E-state index contributed by atoms with van der Waals surface area (Å²) in [6.45, 7) is 1.96. The molecule has 0 unspecified atom stereocenters. The van der Waals surface area contributed by atoms with E-state index in [-0.39, 0.29) is 17.6 Å². The fourth-order valence-electron chi connectivity index (χ4n) is 4.32. The molecule has 1 aliphatic rings. The summed E-state index contributed by atoms with van der Waals surface area (Å²) in [5.74, 6) is -0.0576. The Morgan fingerprint density at radius 2 is 1.94 bits per heavy atom. The second kappa shape index (κ2) is 8.32. The van der Waals surface area contributed by atoms with Crippen molar-refractivity contribution >= 4 is 22.8 Å². The van der Waals surface area contributed by atoms with Gasteiger partial charge in [0, 0.05) is 18.2 Å². The third kappa shape index (κ3) is 3.54. The van der Waals surface area contributed by atoms with E-state index in [1.165, 1.54) is 6.33 Å². The van der Waals surface area contributed by atoms with Gasteiger partial charge >= 0.3 is 5.97 Å². The van der Waals surface area contributed by atoms with Gasteiger partial charge in [-0.25, -0.2) is 14.8 Å². The molecule has 0 radical (unpaired) electrons. The number of hydrogen-bond acceptors (Lipinski definition) is 6. The number of fused-ring (bicyclic) bond motifs is 1. The van der Waals surface area contributed by atoms with Crippen LogP contribution < -0.4 is 15.8 Å². The van der Waals surface area contributed by atoms with Gasteiger partial charge < -0.3 is 25.5 Å². The van der Waals surface area contributed by atoms with Crippen LogP contribution in [0.3, 0.4) is 0 Å². The molecule has 0 amide bonds. The molecule has 4 N–H and O–H groups in total. The minimum absolute atomic E-state index is 0.0138. The van der Waals surface area contributed by atoms with Crippen molar-refractivity contribution in [2.45, 2.75) is 19.1 Å². The lowest BCUT2D eigenvalue weighted by Crippen LogP contribution is -2.18. The molecular formula is C24H23N5O3. The highest BCUT2D eigenvalue weighted by molar-refractivity contribution is 6.10. The first kappa shape index (κ1) is 20.0. The van der Waals surface area contributed by atoms with Crippen molar-refractivity contribution in [2.24, 2.45) is 0 Å². The molecule has 5 rings (SSSR count). The molecule has 0 spiro atoms. The first-order valence-corrected chi connectivity index (χ1v) is 10.5. The number of ether oxygens (including phenoxy) is 1. The number of carbonyl (C=O) groups is 1. The summed E-state index contributed by atoms with van der Waals surface area (Å²) in [5, 5.41) is 14.0. The molecule has 4 aromatic rings. The molecule has 162 valence electrons. The molecule has 1 atom stereocenters. The maximum absolute atomic E-state index is 12.4. The normalized spacial score (nSPS) is 15.8. The Bertz CT molecular complexity index is 1260. The van der Waals surface area contributed by atoms with Crippen LogP contribution in [0.1, 0.15) is 28.5 Å². The van der Waals surface area contributed by atoms with Gasteiger partial charge in [0.1, 0.15) is 35.8 Å². The molecule has 8 nitrogen and oxygen atoms in total. The number of hydrogen-bond donors (Lipinski definition) is 3. The minimum Gasteiger partial charge on any atom is -0.489 e. The molecule has 2 aromatic carbocycles. The first-order valence-electron chi connectivity index (χ1n) is 10.5. The summed E-state index contributed by atoms with van der Waals surface area (Å²) in [5.41, 5.74) is 9.28. The van der Waals surface area contributed by atoms with Crippen LogP contribution in [-0.2, 0) is 6.61 Å². The monoisotopic (exact) mass is 429 g/mol. The van der Waals surface area contributed by atoms with E-state index in [0.717, 1.165) is 24.1 Å². The molecule has 8 heteroatoms. The van der Waals surface area contributed by atoms with Crippen molar-refractivity contribution in [1.82, 2.24) is 19.9 Å². The van der Waals surface area contributed by atoms with Crippen molar-refractivity contribution in [3.05, 3.63) is 72.2 Å². The third-order valence-electron chi connectivity index (χ3n) is 5.81. The van der Waals surface area contributed by atoms with Gasteiger partial charge in [-0.05, 0) is 36.2 Å². The van der Waals surface area contributed by atoms with Crippen molar-refractivity contribution in [3.63, 3.8) is 0 Å². The van der Waals surface area contributed by atoms with Gasteiger partial charge in [-0.2, -0.15) is 0 Å². The summed E-state index contributed by atoms with van der Waals surface area (Å²) in [4.78, 5) is 21.0. The predicted molar refractivity (Wildman–Crippen MR) is 122 cm³/mol. The van der Waals surface area contributed by atoms with Gasteiger partial charge in [-0.3, -0.25) is 0 Å². The van der Waals surface area contributed by atoms with Crippen molar-refractivity contribution < 1.29 is 14.6 Å². The van der Waals surface area contributed by atoms with Crippen LogP contribution in [-0.4, -0.2) is 38.7 Å². The van der Waals surface area contributed by atoms with Gasteiger partial charge in [0.05, 0.1) is 5.39 Å². The zero-order valence-electron chi connectivity index (χ0n) is 17.4. The molecule has 32 heavy (non-hydrogen) atoms. The van der Waals surface area contributed by atoms with Gasteiger partial charge in [-0.15, -0.1) is 0 Å². The van der Waals surface area contributed by atoms with E-state index < -0.39 is 5.97 Å². The number of nitrogen functional groups attached to an aromatic ring is 1. The van der Waals surface area contributed by atoms with Gasteiger partial charge in [-0.1, -0.05) is 42.5 Å². The van der Waals surface area contributed by atoms with Crippen LogP contribution >= 0.6 is 0 Å². The number of aromatic nitrogens is 3. The smallest absolute Gasteiger partial charge is 0.353 e. The molecule has 1 fully saturated rings. The number of nitrogens with two attached hydrogens (primary N) is 1. The van der Waals surface area contributed by atoms with E-state index in [1.54, 1.807) is 4.57 Å². The number of aromatic carboxylic acids is 1. The fourth-order valence-corrected chi connectivity index (χ4v) is 4.32. The van der Waals surface area contributed by atoms with E-state index in [2.05, 4.69) is 15.3 Å². The van der Waals surface area contributed by atoms with Gasteiger partial charge in [0.25, 0.3) is 0 Å². The van der Waals surface area contributed by atoms with Crippen LogP contribution in [0.15, 0.2) is 60.9 Å². The topological polar surface area (TPSA) is 115 Å². The summed E-state index contributed by atoms with van der Waals surface area (Å²) >= 11 is 0. The predicted octanol–water partition coefficient (Wildman–Crippen LogP) is 3.49. The standard InChI is InChI=1S/C24H23N5O3/c25-22-20-19(16-6-8-18(9-7-16)32-13-15-4-2-1-3-5-15)21(24(30)31)29(17-10-11-26-12-17)23(20)28-14-27-22/h1-9,14,17,26H,10-13H2,(H,30,31)(H2,25,27,28)/t17-/m1/s1. The van der Waals surface area contributed by atoms with Crippen LogP contribution in [0.4, 0.5) is 5.82 Å². The molecule has 0 saturated carbocycles. The second-order valence-electron chi connectivity index (χ2n) is 7.80. The highest BCUT2D eigenvalue weighted by atomic mass is 16.5. The number of carboxylic acids is 1. The Labute approximate surface area is 184 Å². The molecule has 0 bridgehead atoms. The average molecular weight is 429 g/mol. The van der Waals surface area contributed by atoms with E-state index in [1.807, 2.05) is 54.6 Å². The molecule has 1 aliphatic heterocycles. The number of nitrogens with one attached hydrogen (secondary N) is 1. The van der Waals surface area contributed by atoms with Crippen LogP contribution in [0.25, 0.3) is 22.2 Å². The molecular weight excluding hydrogens is 406 g/mol. The van der Waals surface area contributed by atoms with Crippen molar-refractivity contribution in [2.75, 3.05) is 18.8 Å². The lowest BCUT2D eigenvalue weighted by molar-refractivity contribution is 0.0684. The molecule has 0 aliphatic carbocycles. The Kier molecular flexibility index (Phi) is 5.20. The van der Waals surface area contributed by atoms with Crippen molar-refractivity contribution in [1.29, 1.82) is 0 Å². The Morgan fingerprint density at radius 3 is 2.62 bits per heavy atom. The number of nitrogens with zero attached hydrogens (tertiary/aromatic N) is 3. The zero-order valence-corrected chi connectivity index (χ0v) is 17.4. The highest BCUT2D eigenvalue weighted by Gasteiger charge is 2.31. The van der Waals surface area contributed by atoms with E-state index in [9.17, 15) is 9.90 Å². The summed E-state index contributed by atoms with van der Waals surface area (Å²) in [7, 11) is 0. The Morgan fingerprint density at radius 1 is 1.16 bits per heavy atom. The van der Waals surface area contributed by atoms with E-state index >= 15 is 0 Å². The second-order valence-corrected chi connectivity index (χ2v) is 7.80. The number of carboxylic acid groups (broad SMARTS) is 1. The Balaban J connectivity index is 1.57. The largest absolute Gasteiger partial charge is 0.489 e. The lowest BCUT2D eigenvalue weighted by atomic mass is 10.0. The molecule has 2 aromatic heterocycles. The lowest BCUT2D eigenvalue weighted by Gasteiger charge is -2.15. The van der Waals surface area contributed by atoms with Gasteiger partial charge in [0.15, 0.2) is 0 Å². The van der Waals surface area contributed by atoms with Crippen molar-refractivity contribution in [3.8, 4) is 16.9 Å². The maximum Gasteiger partial charge on any atom is 0.353 e. The fraction of sp³-hybridized carbons (Fsp3) is 0.208. The Hall–Kier alpha value is -3.91. The SMILES string of the molecule is Nc1ncnc2c1c(-c1ccc(OCc3ccccc3)cc1)c(C(=O)O)n2[C@@H]1CCNC1. The number of benzene rings is 2. The molecule has 1 saturated heterocycles. The van der Waals surface area contributed by atoms with E-state index in [4.69, 9.17) is 10.5 Å².